The molecule has 0 spiro atoms. The zero-order valence-corrected chi connectivity index (χ0v) is 13.4. The second kappa shape index (κ2) is 6.29. The molecule has 1 aliphatic heterocycles. The number of nitrogens with one attached hydrogen (secondary N) is 1. The van der Waals surface area contributed by atoms with Crippen molar-refractivity contribution < 1.29 is 0 Å². The van der Waals surface area contributed by atoms with Crippen LogP contribution in [0.25, 0.3) is 0 Å². The van der Waals surface area contributed by atoms with E-state index in [4.69, 9.17) is 17.3 Å². The third kappa shape index (κ3) is 3.08. The smallest absolute Gasteiger partial charge is 0.128 e. The summed E-state index contributed by atoms with van der Waals surface area (Å²) in [5.41, 5.74) is 7.06. The van der Waals surface area contributed by atoms with Gasteiger partial charge in [0, 0.05) is 17.3 Å². The molecule has 0 radical (unpaired) electrons. The molecule has 20 heavy (non-hydrogen) atoms. The van der Waals surface area contributed by atoms with Gasteiger partial charge in [-0.05, 0) is 52.4 Å². The first-order valence-electron chi connectivity index (χ1n) is 7.36. The number of hydrogen-bond acceptors (Lipinski definition) is 4. The van der Waals surface area contributed by atoms with E-state index in [1.165, 1.54) is 12.8 Å². The van der Waals surface area contributed by atoms with Crippen LogP contribution >= 0.6 is 11.6 Å². The quantitative estimate of drug-likeness (QED) is 0.877. The number of nitrogens with zero attached hydrogens (tertiary/aromatic N) is 2. The van der Waals surface area contributed by atoms with Crippen molar-refractivity contribution in [3.05, 3.63) is 22.8 Å². The van der Waals surface area contributed by atoms with E-state index in [-0.39, 0.29) is 11.6 Å². The Balaban J connectivity index is 2.36. The Morgan fingerprint density at radius 1 is 1.45 bits per heavy atom. The van der Waals surface area contributed by atoms with Gasteiger partial charge < -0.3 is 11.1 Å². The third-order valence-corrected chi connectivity index (χ3v) is 4.47. The van der Waals surface area contributed by atoms with Crippen LogP contribution in [0.15, 0.2) is 12.3 Å². The molecule has 0 amide bonds. The van der Waals surface area contributed by atoms with Gasteiger partial charge >= 0.3 is 0 Å². The van der Waals surface area contributed by atoms with Crippen LogP contribution in [0.4, 0.5) is 5.82 Å². The summed E-state index contributed by atoms with van der Waals surface area (Å²) in [6.45, 7) is 9.82. The van der Waals surface area contributed by atoms with Crippen molar-refractivity contribution in [1.82, 2.24) is 15.2 Å². The summed E-state index contributed by atoms with van der Waals surface area (Å²) in [6.07, 6.45) is 4.14. The molecule has 0 aromatic carbocycles. The predicted molar refractivity (Wildman–Crippen MR) is 85.0 cm³/mol. The molecule has 5 heteroatoms. The second-order valence-electron chi connectivity index (χ2n) is 5.97. The zero-order valence-electron chi connectivity index (χ0n) is 12.6. The minimum Gasteiger partial charge on any atom is -0.383 e. The second-order valence-corrected chi connectivity index (χ2v) is 6.40. The Bertz CT molecular complexity index is 455. The van der Waals surface area contributed by atoms with E-state index >= 15 is 0 Å². The summed E-state index contributed by atoms with van der Waals surface area (Å²) in [4.78, 5) is 6.74. The van der Waals surface area contributed by atoms with Crippen LogP contribution < -0.4 is 11.1 Å². The molecule has 0 saturated carbocycles. The molecule has 1 unspecified atom stereocenters. The number of likely N-dealkylation sites (N-methyl/N-ethyl adjacent to an activating group) is 1. The SMILES string of the molecule is CCNC(c1cc(Cl)cnc1N)C(C)(C)N1CCCC1. The maximum absolute atomic E-state index is 6.11. The van der Waals surface area contributed by atoms with E-state index in [9.17, 15) is 0 Å². The maximum Gasteiger partial charge on any atom is 0.128 e. The van der Waals surface area contributed by atoms with Gasteiger partial charge in [-0.15, -0.1) is 0 Å². The highest BCUT2D eigenvalue weighted by molar-refractivity contribution is 6.30. The first kappa shape index (κ1) is 15.5. The lowest BCUT2D eigenvalue weighted by molar-refractivity contribution is 0.108. The number of rotatable bonds is 5. The number of likely N-dealkylation sites (tertiary alicyclic amines) is 1. The number of aromatic nitrogens is 1. The standard InChI is InChI=1S/C15H25ClN4/c1-4-18-13(12-9-11(16)10-19-14(12)17)15(2,3)20-7-5-6-8-20/h9-10,13,18H,4-8H2,1-3H3,(H2,17,19). The van der Waals surface area contributed by atoms with Crippen LogP contribution in [0, 0.1) is 0 Å². The van der Waals surface area contributed by atoms with Gasteiger partial charge in [-0.2, -0.15) is 0 Å². The molecule has 112 valence electrons. The van der Waals surface area contributed by atoms with Crippen LogP contribution in [-0.2, 0) is 0 Å². The van der Waals surface area contributed by atoms with Gasteiger partial charge in [0.2, 0.25) is 0 Å². The summed E-state index contributed by atoms with van der Waals surface area (Å²) >= 11 is 6.11. The molecular formula is C15H25ClN4. The van der Waals surface area contributed by atoms with Crippen molar-refractivity contribution in [1.29, 1.82) is 0 Å². The first-order valence-corrected chi connectivity index (χ1v) is 7.74. The largest absolute Gasteiger partial charge is 0.383 e. The Morgan fingerprint density at radius 2 is 2.10 bits per heavy atom. The molecule has 3 N–H and O–H groups in total. The Hall–Kier alpha value is -0.840. The lowest BCUT2D eigenvalue weighted by Crippen LogP contribution is -2.51. The average Bonchev–Trinajstić information content (AvgIpc) is 2.93. The van der Waals surface area contributed by atoms with E-state index in [0.29, 0.717) is 10.8 Å². The fraction of sp³-hybridized carbons (Fsp3) is 0.667. The fourth-order valence-electron chi connectivity index (χ4n) is 3.12. The van der Waals surface area contributed by atoms with Crippen molar-refractivity contribution in [3.63, 3.8) is 0 Å². The van der Waals surface area contributed by atoms with E-state index < -0.39 is 0 Å². The first-order chi connectivity index (χ1) is 9.46. The van der Waals surface area contributed by atoms with Gasteiger partial charge in [0.1, 0.15) is 5.82 Å². The number of nitrogen functional groups attached to an aromatic ring is 1. The lowest BCUT2D eigenvalue weighted by atomic mass is 9.87. The Morgan fingerprint density at radius 3 is 2.70 bits per heavy atom. The van der Waals surface area contributed by atoms with Crippen LogP contribution in [0.5, 0.6) is 0 Å². The van der Waals surface area contributed by atoms with E-state index in [2.05, 4.69) is 36.0 Å². The number of hydrogen-bond donors (Lipinski definition) is 2. The monoisotopic (exact) mass is 296 g/mol. The van der Waals surface area contributed by atoms with Gasteiger partial charge in [0.15, 0.2) is 0 Å². The number of nitrogens with two attached hydrogens (primary N) is 1. The summed E-state index contributed by atoms with van der Waals surface area (Å²) in [7, 11) is 0. The zero-order chi connectivity index (χ0) is 14.8. The molecule has 0 aliphatic carbocycles. The summed E-state index contributed by atoms with van der Waals surface area (Å²) < 4.78 is 0. The molecule has 4 nitrogen and oxygen atoms in total. The topological polar surface area (TPSA) is 54.2 Å². The maximum atomic E-state index is 6.11. The van der Waals surface area contributed by atoms with E-state index in [1.54, 1.807) is 6.20 Å². The average molecular weight is 297 g/mol. The van der Waals surface area contributed by atoms with E-state index in [0.717, 1.165) is 25.2 Å². The normalized spacial score (nSPS) is 18.4. The van der Waals surface area contributed by atoms with Crippen LogP contribution in [0.3, 0.4) is 0 Å². The molecule has 0 bridgehead atoms. The highest BCUT2D eigenvalue weighted by Crippen LogP contribution is 2.36. The van der Waals surface area contributed by atoms with Crippen LogP contribution in [0.2, 0.25) is 5.02 Å². The van der Waals surface area contributed by atoms with Gasteiger partial charge in [0.25, 0.3) is 0 Å². The molecular weight excluding hydrogens is 272 g/mol. The molecule has 1 aromatic rings. The van der Waals surface area contributed by atoms with Crippen LogP contribution in [-0.4, -0.2) is 35.1 Å². The molecule has 2 heterocycles. The molecule has 1 saturated heterocycles. The molecule has 2 rings (SSSR count). The lowest BCUT2D eigenvalue weighted by Gasteiger charge is -2.43. The minimum atomic E-state index is -0.0208. The third-order valence-electron chi connectivity index (χ3n) is 4.26. The highest BCUT2D eigenvalue weighted by Gasteiger charge is 2.38. The van der Waals surface area contributed by atoms with Crippen LogP contribution in [0.1, 0.15) is 45.2 Å². The fourth-order valence-corrected chi connectivity index (χ4v) is 3.28. The van der Waals surface area contributed by atoms with Crippen molar-refractivity contribution in [2.24, 2.45) is 0 Å². The molecule has 1 atom stereocenters. The summed E-state index contributed by atoms with van der Waals surface area (Å²) in [5.74, 6) is 0.563. The molecule has 1 aliphatic rings. The molecule has 1 aromatic heterocycles. The molecule has 1 fully saturated rings. The van der Waals surface area contributed by atoms with Gasteiger partial charge in [-0.1, -0.05) is 18.5 Å². The number of pyridine rings is 1. The van der Waals surface area contributed by atoms with Crippen molar-refractivity contribution in [2.45, 2.75) is 45.2 Å². The highest BCUT2D eigenvalue weighted by atomic mass is 35.5. The van der Waals surface area contributed by atoms with Crippen molar-refractivity contribution in [2.75, 3.05) is 25.4 Å². The van der Waals surface area contributed by atoms with Gasteiger partial charge in [0.05, 0.1) is 11.1 Å². The predicted octanol–water partition coefficient (Wildman–Crippen LogP) is 2.84. The van der Waals surface area contributed by atoms with Crippen molar-refractivity contribution in [3.8, 4) is 0 Å². The summed E-state index contributed by atoms with van der Waals surface area (Å²) in [5, 5.41) is 4.20. The van der Waals surface area contributed by atoms with E-state index in [1.807, 2.05) is 6.07 Å². The van der Waals surface area contributed by atoms with Crippen molar-refractivity contribution >= 4 is 17.4 Å². The Kier molecular flexibility index (Phi) is 4.89. The minimum absolute atomic E-state index is 0.0208. The Labute approximate surface area is 126 Å². The number of anilines is 1. The van der Waals surface area contributed by atoms with Gasteiger partial charge in [-0.25, -0.2) is 4.98 Å². The number of halogens is 1. The van der Waals surface area contributed by atoms with Gasteiger partial charge in [-0.3, -0.25) is 4.90 Å². The summed E-state index contributed by atoms with van der Waals surface area (Å²) in [6, 6.07) is 2.06.